The first-order valence-electron chi connectivity index (χ1n) is 11.5. The van der Waals surface area contributed by atoms with Crippen LogP contribution in [-0.4, -0.2) is 61.0 Å². The number of nitrogens with one attached hydrogen (secondary N) is 3. The van der Waals surface area contributed by atoms with Gasteiger partial charge in [0.1, 0.15) is 11.9 Å². The van der Waals surface area contributed by atoms with Crippen LogP contribution >= 0.6 is 0 Å². The number of carbonyl (C=O) groups is 4. The zero-order valence-corrected chi connectivity index (χ0v) is 20.1. The van der Waals surface area contributed by atoms with Crippen LogP contribution in [0.1, 0.15) is 79.1 Å². The summed E-state index contributed by atoms with van der Waals surface area (Å²) in [7, 11) is 0. The summed E-state index contributed by atoms with van der Waals surface area (Å²) in [5, 5.41) is 8.04. The molecule has 32 heavy (non-hydrogen) atoms. The van der Waals surface area contributed by atoms with Gasteiger partial charge in [-0.1, -0.05) is 19.8 Å². The molecule has 186 valence electrons. The predicted molar refractivity (Wildman–Crippen MR) is 124 cm³/mol. The second-order valence-electron chi connectivity index (χ2n) is 8.96. The molecule has 0 aromatic carbocycles. The summed E-state index contributed by atoms with van der Waals surface area (Å²) in [5.41, 5.74) is 11.2. The van der Waals surface area contributed by atoms with Crippen molar-refractivity contribution in [2.45, 2.75) is 103 Å². The Kier molecular flexibility index (Phi) is 15.3. The molecule has 0 saturated carbocycles. The van der Waals surface area contributed by atoms with E-state index in [4.69, 9.17) is 16.2 Å². The van der Waals surface area contributed by atoms with Gasteiger partial charge in [-0.3, -0.25) is 9.59 Å². The first-order valence-corrected chi connectivity index (χ1v) is 11.5. The molecule has 0 aromatic heterocycles. The third-order valence-corrected chi connectivity index (χ3v) is 4.64. The number of alkyl carbamates (subject to hydrolysis) is 1. The molecule has 0 heterocycles. The molecule has 0 fully saturated rings. The van der Waals surface area contributed by atoms with Crippen molar-refractivity contribution in [2.75, 3.05) is 13.1 Å². The second kappa shape index (κ2) is 16.4. The molecule has 0 saturated heterocycles. The SMILES string of the molecule is CCCCC(N)C(=O)NC(C=O)CCCNC(=O)C(N)CCCCNC(=O)OC(C)(C)C. The molecule has 3 unspecified atom stereocenters. The van der Waals surface area contributed by atoms with Gasteiger partial charge in [0.05, 0.1) is 18.1 Å². The first kappa shape index (κ1) is 29.8. The molecule has 0 aliphatic heterocycles. The number of aldehydes is 1. The molecule has 3 atom stereocenters. The van der Waals surface area contributed by atoms with Gasteiger partial charge >= 0.3 is 6.09 Å². The molecule has 0 aliphatic rings. The quantitative estimate of drug-likeness (QED) is 0.171. The molecular weight excluding hydrogens is 414 g/mol. The van der Waals surface area contributed by atoms with Crippen LogP contribution in [0.4, 0.5) is 4.79 Å². The maximum absolute atomic E-state index is 12.1. The van der Waals surface area contributed by atoms with Gasteiger partial charge in [-0.05, 0) is 59.3 Å². The van der Waals surface area contributed by atoms with E-state index in [9.17, 15) is 19.2 Å². The van der Waals surface area contributed by atoms with E-state index in [0.29, 0.717) is 57.9 Å². The first-order chi connectivity index (χ1) is 15.0. The topological polar surface area (TPSA) is 166 Å². The Morgan fingerprint density at radius 1 is 0.875 bits per heavy atom. The number of unbranched alkanes of at least 4 members (excludes halogenated alkanes) is 2. The minimum absolute atomic E-state index is 0.265. The molecule has 3 amide bonds. The van der Waals surface area contributed by atoms with E-state index in [0.717, 1.165) is 12.8 Å². The van der Waals surface area contributed by atoms with Gasteiger partial charge in [0.15, 0.2) is 0 Å². The van der Waals surface area contributed by atoms with E-state index in [2.05, 4.69) is 16.0 Å². The monoisotopic (exact) mass is 457 g/mol. The smallest absolute Gasteiger partial charge is 0.407 e. The molecule has 10 nitrogen and oxygen atoms in total. The number of hydrogen-bond acceptors (Lipinski definition) is 7. The Labute approximate surface area is 191 Å². The highest BCUT2D eigenvalue weighted by molar-refractivity contribution is 5.84. The van der Waals surface area contributed by atoms with Gasteiger partial charge in [0, 0.05) is 13.1 Å². The van der Waals surface area contributed by atoms with Crippen LogP contribution in [0.25, 0.3) is 0 Å². The van der Waals surface area contributed by atoms with E-state index in [1.165, 1.54) is 0 Å². The molecule has 0 spiro atoms. The molecule has 10 heteroatoms. The van der Waals surface area contributed by atoms with Crippen LogP contribution in [0, 0.1) is 0 Å². The van der Waals surface area contributed by atoms with Crippen molar-refractivity contribution >= 4 is 24.2 Å². The molecule has 0 aromatic rings. The van der Waals surface area contributed by atoms with Gasteiger partial charge in [0.2, 0.25) is 11.8 Å². The maximum atomic E-state index is 12.1. The van der Waals surface area contributed by atoms with Gasteiger partial charge in [0.25, 0.3) is 0 Å². The fourth-order valence-electron chi connectivity index (χ4n) is 2.81. The van der Waals surface area contributed by atoms with Gasteiger partial charge < -0.3 is 36.9 Å². The van der Waals surface area contributed by atoms with E-state index < -0.39 is 29.8 Å². The van der Waals surface area contributed by atoms with Crippen LogP contribution in [0.15, 0.2) is 0 Å². The van der Waals surface area contributed by atoms with Crippen LogP contribution in [0.3, 0.4) is 0 Å². The third-order valence-electron chi connectivity index (χ3n) is 4.64. The van der Waals surface area contributed by atoms with Crippen LogP contribution in [-0.2, 0) is 19.1 Å². The molecule has 0 bridgehead atoms. The highest BCUT2D eigenvalue weighted by atomic mass is 16.6. The Morgan fingerprint density at radius 3 is 2.06 bits per heavy atom. The van der Waals surface area contributed by atoms with E-state index in [1.807, 2.05) is 6.92 Å². The largest absolute Gasteiger partial charge is 0.444 e. The van der Waals surface area contributed by atoms with Crippen LogP contribution < -0.4 is 27.4 Å². The van der Waals surface area contributed by atoms with E-state index in [1.54, 1.807) is 20.8 Å². The normalized spacial score (nSPS) is 14.1. The van der Waals surface area contributed by atoms with Crippen molar-refractivity contribution in [1.82, 2.24) is 16.0 Å². The van der Waals surface area contributed by atoms with Crippen molar-refractivity contribution in [3.8, 4) is 0 Å². The zero-order valence-electron chi connectivity index (χ0n) is 20.1. The minimum Gasteiger partial charge on any atom is -0.444 e. The number of nitrogens with two attached hydrogens (primary N) is 2. The number of ether oxygens (including phenoxy) is 1. The summed E-state index contributed by atoms with van der Waals surface area (Å²) >= 11 is 0. The molecule has 0 rings (SSSR count). The average Bonchev–Trinajstić information content (AvgIpc) is 2.71. The number of carbonyl (C=O) groups excluding carboxylic acids is 4. The average molecular weight is 458 g/mol. The lowest BCUT2D eigenvalue weighted by molar-refractivity contribution is -0.125. The van der Waals surface area contributed by atoms with Crippen molar-refractivity contribution in [3.05, 3.63) is 0 Å². The van der Waals surface area contributed by atoms with Crippen molar-refractivity contribution in [3.63, 3.8) is 0 Å². The Balaban J connectivity index is 3.96. The zero-order chi connectivity index (χ0) is 24.6. The number of rotatable bonds is 16. The minimum atomic E-state index is -0.644. The van der Waals surface area contributed by atoms with Gasteiger partial charge in [-0.2, -0.15) is 0 Å². The fraction of sp³-hybridized carbons (Fsp3) is 0.818. The predicted octanol–water partition coefficient (Wildman–Crippen LogP) is 1.11. The Morgan fingerprint density at radius 2 is 1.47 bits per heavy atom. The van der Waals surface area contributed by atoms with Crippen molar-refractivity contribution < 1.29 is 23.9 Å². The van der Waals surface area contributed by atoms with E-state index in [-0.39, 0.29) is 11.8 Å². The maximum Gasteiger partial charge on any atom is 0.407 e. The number of hydrogen-bond donors (Lipinski definition) is 5. The molecule has 7 N–H and O–H groups in total. The van der Waals surface area contributed by atoms with Crippen molar-refractivity contribution in [1.29, 1.82) is 0 Å². The summed E-state index contributed by atoms with van der Waals surface area (Å²) in [5.74, 6) is -0.596. The lowest BCUT2D eigenvalue weighted by atomic mass is 10.1. The summed E-state index contributed by atoms with van der Waals surface area (Å²) < 4.78 is 5.14. The van der Waals surface area contributed by atoms with E-state index >= 15 is 0 Å². The van der Waals surface area contributed by atoms with Gasteiger partial charge in [-0.25, -0.2) is 4.79 Å². The standard InChI is InChI=1S/C22H43N5O5/c1-5-6-11-18(24)20(30)27-16(15-28)10-9-14-25-19(29)17(23)12-7-8-13-26-21(31)32-22(2,3)4/h15-18H,5-14,23-24H2,1-4H3,(H,25,29)(H,26,31)(H,27,30). The highest BCUT2D eigenvalue weighted by Gasteiger charge is 2.18. The van der Waals surface area contributed by atoms with Crippen LogP contribution in [0.2, 0.25) is 0 Å². The Hall–Kier alpha value is -2.20. The second-order valence-corrected chi connectivity index (χ2v) is 8.96. The number of amides is 3. The van der Waals surface area contributed by atoms with Crippen molar-refractivity contribution in [2.24, 2.45) is 11.5 Å². The fourth-order valence-corrected chi connectivity index (χ4v) is 2.81. The lowest BCUT2D eigenvalue weighted by Crippen LogP contribution is -2.46. The van der Waals surface area contributed by atoms with Crippen LogP contribution in [0.5, 0.6) is 0 Å². The molecule has 0 aliphatic carbocycles. The summed E-state index contributed by atoms with van der Waals surface area (Å²) in [4.78, 5) is 46.8. The molecule has 0 radical (unpaired) electrons. The summed E-state index contributed by atoms with van der Waals surface area (Å²) in [6.07, 6.45) is 5.38. The molecular formula is C22H43N5O5. The highest BCUT2D eigenvalue weighted by Crippen LogP contribution is 2.06. The summed E-state index contributed by atoms with van der Waals surface area (Å²) in [6.45, 7) is 8.21. The Bertz CT molecular complexity index is 580. The summed E-state index contributed by atoms with van der Waals surface area (Å²) in [6, 6.07) is -1.89. The lowest BCUT2D eigenvalue weighted by Gasteiger charge is -2.19. The van der Waals surface area contributed by atoms with Gasteiger partial charge in [-0.15, -0.1) is 0 Å². The third kappa shape index (κ3) is 15.6.